The van der Waals surface area contributed by atoms with Gasteiger partial charge in [-0.1, -0.05) is 0 Å². The maximum atomic E-state index is 5.53. The number of nitrogen functional groups attached to an aromatic ring is 1. The molecule has 0 amide bonds. The third-order valence-electron chi connectivity index (χ3n) is 1.20. The molecule has 0 aliphatic carbocycles. The molecule has 0 aliphatic rings. The molecule has 0 aromatic carbocycles. The molecule has 5 heteroatoms. The van der Waals surface area contributed by atoms with Gasteiger partial charge in [0, 0.05) is 11.8 Å². The van der Waals surface area contributed by atoms with Gasteiger partial charge in [-0.25, -0.2) is 4.98 Å². The van der Waals surface area contributed by atoms with Crippen LogP contribution in [0.2, 0.25) is 0 Å². The van der Waals surface area contributed by atoms with Gasteiger partial charge >= 0.3 is 6.01 Å². The summed E-state index contributed by atoms with van der Waals surface area (Å²) in [7, 11) is 1.48. The van der Waals surface area contributed by atoms with Gasteiger partial charge < -0.3 is 10.5 Å². The lowest BCUT2D eigenvalue weighted by atomic mass is 10.3. The number of nitrogens with two attached hydrogens (primary N) is 1. The summed E-state index contributed by atoms with van der Waals surface area (Å²) >= 11 is 5.53. The highest BCUT2D eigenvalue weighted by Crippen LogP contribution is 2.12. The van der Waals surface area contributed by atoms with E-state index < -0.39 is 0 Å². The van der Waals surface area contributed by atoms with E-state index in [9.17, 15) is 0 Å². The first-order valence-electron chi connectivity index (χ1n) is 2.99. The van der Waals surface area contributed by atoms with Crippen molar-refractivity contribution in [2.45, 2.75) is 5.88 Å². The van der Waals surface area contributed by atoms with Gasteiger partial charge in [0.15, 0.2) is 0 Å². The third kappa shape index (κ3) is 1.71. The average molecular weight is 174 g/mol. The third-order valence-corrected chi connectivity index (χ3v) is 1.49. The minimum atomic E-state index is 0.261. The van der Waals surface area contributed by atoms with E-state index >= 15 is 0 Å². The van der Waals surface area contributed by atoms with Crippen molar-refractivity contribution >= 4 is 17.4 Å². The molecular formula is C6H8ClN3O. The summed E-state index contributed by atoms with van der Waals surface area (Å²) in [5, 5.41) is 0. The van der Waals surface area contributed by atoms with E-state index in [1.165, 1.54) is 7.11 Å². The van der Waals surface area contributed by atoms with Gasteiger partial charge in [0.1, 0.15) is 5.82 Å². The van der Waals surface area contributed by atoms with Crippen LogP contribution in [0.5, 0.6) is 6.01 Å². The van der Waals surface area contributed by atoms with Gasteiger partial charge in [-0.2, -0.15) is 4.98 Å². The van der Waals surface area contributed by atoms with Gasteiger partial charge in [0.25, 0.3) is 0 Å². The number of hydrogen-bond donors (Lipinski definition) is 1. The van der Waals surface area contributed by atoms with Crippen LogP contribution >= 0.6 is 11.6 Å². The second-order valence-electron chi connectivity index (χ2n) is 1.90. The van der Waals surface area contributed by atoms with E-state index in [1.54, 1.807) is 6.20 Å². The number of hydrogen-bond acceptors (Lipinski definition) is 4. The summed E-state index contributed by atoms with van der Waals surface area (Å²) in [5.74, 6) is 0.683. The number of rotatable bonds is 2. The molecule has 0 radical (unpaired) electrons. The van der Waals surface area contributed by atoms with Gasteiger partial charge in [-0.05, 0) is 0 Å². The van der Waals surface area contributed by atoms with Crippen LogP contribution in [0.25, 0.3) is 0 Å². The van der Waals surface area contributed by atoms with Crippen molar-refractivity contribution in [3.05, 3.63) is 11.8 Å². The minimum Gasteiger partial charge on any atom is -0.467 e. The smallest absolute Gasteiger partial charge is 0.318 e. The van der Waals surface area contributed by atoms with E-state index in [0.29, 0.717) is 17.3 Å². The van der Waals surface area contributed by atoms with Crippen molar-refractivity contribution in [1.82, 2.24) is 9.97 Å². The number of ether oxygens (including phenoxy) is 1. The molecule has 4 nitrogen and oxygen atoms in total. The molecule has 0 atom stereocenters. The standard InChI is InChI=1S/C6H8ClN3O/c1-11-6-9-3-4(2-7)5(8)10-6/h3H,2H2,1H3,(H2,8,9,10). The molecular weight excluding hydrogens is 166 g/mol. The zero-order valence-corrected chi connectivity index (χ0v) is 6.80. The molecule has 0 aliphatic heterocycles. The normalized spacial score (nSPS) is 9.64. The fraction of sp³-hybridized carbons (Fsp3) is 0.333. The molecule has 2 N–H and O–H groups in total. The Hall–Kier alpha value is -1.03. The molecule has 0 bridgehead atoms. The highest BCUT2D eigenvalue weighted by molar-refractivity contribution is 6.17. The Balaban J connectivity index is 2.99. The molecule has 0 spiro atoms. The van der Waals surface area contributed by atoms with Crippen molar-refractivity contribution in [1.29, 1.82) is 0 Å². The predicted molar refractivity (Wildman–Crippen MR) is 42.6 cm³/mol. The monoisotopic (exact) mass is 173 g/mol. The van der Waals surface area contributed by atoms with E-state index in [2.05, 4.69) is 9.97 Å². The number of alkyl halides is 1. The highest BCUT2D eigenvalue weighted by atomic mass is 35.5. The zero-order valence-electron chi connectivity index (χ0n) is 6.04. The summed E-state index contributed by atoms with van der Waals surface area (Å²) < 4.78 is 4.75. The summed E-state index contributed by atoms with van der Waals surface area (Å²) in [6.07, 6.45) is 1.55. The van der Waals surface area contributed by atoms with E-state index in [-0.39, 0.29) is 6.01 Å². The minimum absolute atomic E-state index is 0.261. The number of anilines is 1. The number of methoxy groups -OCH3 is 1. The van der Waals surface area contributed by atoms with Crippen LogP contribution in [-0.4, -0.2) is 17.1 Å². The molecule has 0 saturated heterocycles. The second kappa shape index (κ2) is 3.39. The van der Waals surface area contributed by atoms with E-state index in [1.807, 2.05) is 0 Å². The SMILES string of the molecule is COc1ncc(CCl)c(N)n1. The lowest BCUT2D eigenvalue weighted by Crippen LogP contribution is -2.00. The van der Waals surface area contributed by atoms with Crippen molar-refractivity contribution in [2.24, 2.45) is 0 Å². The van der Waals surface area contributed by atoms with Crippen molar-refractivity contribution < 1.29 is 4.74 Å². The van der Waals surface area contributed by atoms with Crippen LogP contribution in [0.3, 0.4) is 0 Å². The van der Waals surface area contributed by atoms with E-state index in [4.69, 9.17) is 22.1 Å². The van der Waals surface area contributed by atoms with Crippen molar-refractivity contribution in [3.63, 3.8) is 0 Å². The lowest BCUT2D eigenvalue weighted by molar-refractivity contribution is 0.380. The van der Waals surface area contributed by atoms with Crippen LogP contribution < -0.4 is 10.5 Å². The first-order valence-corrected chi connectivity index (χ1v) is 3.52. The maximum absolute atomic E-state index is 5.53. The molecule has 1 heterocycles. The topological polar surface area (TPSA) is 61.0 Å². The molecule has 1 rings (SSSR count). The van der Waals surface area contributed by atoms with Gasteiger partial charge in [0.05, 0.1) is 13.0 Å². The number of nitrogens with zero attached hydrogens (tertiary/aromatic N) is 2. The zero-order chi connectivity index (χ0) is 8.27. The molecule has 60 valence electrons. The van der Waals surface area contributed by atoms with Crippen LogP contribution in [0, 0.1) is 0 Å². The molecule has 1 aromatic rings. The van der Waals surface area contributed by atoms with Crippen LogP contribution in [0.1, 0.15) is 5.56 Å². The Morgan fingerprint density at radius 3 is 2.91 bits per heavy atom. The Kier molecular flexibility index (Phi) is 2.48. The molecule has 11 heavy (non-hydrogen) atoms. The summed E-state index contributed by atoms with van der Waals surface area (Å²) in [5.41, 5.74) is 6.21. The Labute approximate surface area is 69.4 Å². The van der Waals surface area contributed by atoms with Crippen LogP contribution in [0.15, 0.2) is 6.20 Å². The highest BCUT2D eigenvalue weighted by Gasteiger charge is 2.01. The Morgan fingerprint density at radius 2 is 2.45 bits per heavy atom. The fourth-order valence-electron chi connectivity index (χ4n) is 0.604. The van der Waals surface area contributed by atoms with Gasteiger partial charge in [-0.15, -0.1) is 11.6 Å². The van der Waals surface area contributed by atoms with Crippen LogP contribution in [0.4, 0.5) is 5.82 Å². The number of aromatic nitrogens is 2. The fourth-order valence-corrected chi connectivity index (χ4v) is 0.810. The number of halogens is 1. The molecule has 0 unspecified atom stereocenters. The van der Waals surface area contributed by atoms with E-state index in [0.717, 1.165) is 0 Å². The van der Waals surface area contributed by atoms with Crippen molar-refractivity contribution in [3.8, 4) is 6.01 Å². The second-order valence-corrected chi connectivity index (χ2v) is 2.17. The summed E-state index contributed by atoms with van der Waals surface area (Å²) in [6, 6.07) is 0.261. The predicted octanol–water partition coefficient (Wildman–Crippen LogP) is 0.806. The summed E-state index contributed by atoms with van der Waals surface area (Å²) in [4.78, 5) is 7.65. The largest absolute Gasteiger partial charge is 0.467 e. The van der Waals surface area contributed by atoms with Crippen molar-refractivity contribution in [2.75, 3.05) is 12.8 Å². The Morgan fingerprint density at radius 1 is 1.73 bits per heavy atom. The Bertz CT molecular complexity index is 254. The lowest BCUT2D eigenvalue weighted by Gasteiger charge is -2.01. The first-order chi connectivity index (χ1) is 5.27. The average Bonchev–Trinajstić information content (AvgIpc) is 2.04. The van der Waals surface area contributed by atoms with Gasteiger partial charge in [0.2, 0.25) is 0 Å². The molecule has 0 saturated carbocycles. The maximum Gasteiger partial charge on any atom is 0.318 e. The van der Waals surface area contributed by atoms with Crippen LogP contribution in [-0.2, 0) is 5.88 Å². The quantitative estimate of drug-likeness (QED) is 0.673. The molecule has 1 aromatic heterocycles. The van der Waals surface area contributed by atoms with Gasteiger partial charge in [-0.3, -0.25) is 0 Å². The summed E-state index contributed by atoms with van der Waals surface area (Å²) in [6.45, 7) is 0. The first kappa shape index (κ1) is 8.07. The molecule has 0 fully saturated rings.